The summed E-state index contributed by atoms with van der Waals surface area (Å²) >= 11 is 0. The van der Waals surface area contributed by atoms with E-state index in [9.17, 15) is 22.8 Å². The molecule has 1 saturated heterocycles. The second-order valence-corrected chi connectivity index (χ2v) is 7.09. The van der Waals surface area contributed by atoms with Gasteiger partial charge in [-0.25, -0.2) is 14.8 Å². The minimum Gasteiger partial charge on any atom is -0.439 e. The smallest absolute Gasteiger partial charge is 0.419 e. The summed E-state index contributed by atoms with van der Waals surface area (Å²) in [7, 11) is 0. The molecule has 1 aliphatic rings. The van der Waals surface area contributed by atoms with E-state index in [1.54, 1.807) is 25.7 Å². The van der Waals surface area contributed by atoms with E-state index in [0.717, 1.165) is 12.4 Å². The van der Waals surface area contributed by atoms with Crippen molar-refractivity contribution in [2.45, 2.75) is 32.5 Å². The predicted molar refractivity (Wildman–Crippen MR) is 90.1 cm³/mol. The van der Waals surface area contributed by atoms with E-state index in [1.807, 2.05) is 0 Å². The molecule has 11 heteroatoms. The Balaban J connectivity index is 1.81. The Hall–Kier alpha value is -2.59. The van der Waals surface area contributed by atoms with E-state index in [0.29, 0.717) is 26.2 Å². The summed E-state index contributed by atoms with van der Waals surface area (Å²) < 4.78 is 42.5. The summed E-state index contributed by atoms with van der Waals surface area (Å²) in [5, 5.41) is 2.58. The van der Waals surface area contributed by atoms with Crippen molar-refractivity contribution < 1.29 is 27.5 Å². The molecule has 2 rings (SSSR count). The number of carbonyl (C=O) groups excluding carboxylic acids is 2. The predicted octanol–water partition coefficient (Wildman–Crippen LogP) is 1.67. The molecule has 1 aromatic rings. The lowest BCUT2D eigenvalue weighted by molar-refractivity contribution is -0.138. The number of carbonyl (C=O) groups is 2. The summed E-state index contributed by atoms with van der Waals surface area (Å²) in [6.07, 6.45) is -3.68. The Morgan fingerprint density at radius 1 is 1.11 bits per heavy atom. The van der Waals surface area contributed by atoms with Crippen LogP contribution in [0, 0.1) is 0 Å². The Morgan fingerprint density at radius 3 is 2.15 bits per heavy atom. The van der Waals surface area contributed by atoms with Crippen molar-refractivity contribution in [1.29, 1.82) is 0 Å². The Bertz CT molecular complexity index is 665. The molecule has 0 unspecified atom stereocenters. The first-order valence-electron chi connectivity index (χ1n) is 8.32. The van der Waals surface area contributed by atoms with Crippen LogP contribution in [0.2, 0.25) is 0 Å². The second kappa shape index (κ2) is 7.97. The Kier molecular flexibility index (Phi) is 6.11. The molecule has 2 amide bonds. The van der Waals surface area contributed by atoms with Gasteiger partial charge >= 0.3 is 12.3 Å². The van der Waals surface area contributed by atoms with Crippen LogP contribution in [0.1, 0.15) is 26.3 Å². The molecule has 0 spiro atoms. The van der Waals surface area contributed by atoms with Crippen LogP contribution in [0.4, 0.5) is 23.9 Å². The lowest BCUT2D eigenvalue weighted by Crippen LogP contribution is -2.50. The highest BCUT2D eigenvalue weighted by Crippen LogP contribution is 2.28. The zero-order valence-electron chi connectivity index (χ0n) is 15.3. The van der Waals surface area contributed by atoms with E-state index in [1.165, 1.54) is 4.90 Å². The van der Waals surface area contributed by atoms with Gasteiger partial charge < -0.3 is 19.9 Å². The lowest BCUT2D eigenvalue weighted by atomic mass is 10.1. The van der Waals surface area contributed by atoms with Crippen molar-refractivity contribution in [1.82, 2.24) is 20.2 Å². The summed E-state index contributed by atoms with van der Waals surface area (Å²) in [5.74, 6) is -0.164. The highest BCUT2D eigenvalue weighted by atomic mass is 19.4. The number of nitrogens with one attached hydrogen (secondary N) is 1. The van der Waals surface area contributed by atoms with E-state index in [2.05, 4.69) is 15.3 Å². The van der Waals surface area contributed by atoms with Gasteiger partial charge in [0.15, 0.2) is 6.61 Å². The zero-order chi connectivity index (χ0) is 20.2. The van der Waals surface area contributed by atoms with Gasteiger partial charge in [-0.05, 0) is 20.8 Å². The van der Waals surface area contributed by atoms with Crippen LogP contribution in [0.15, 0.2) is 12.4 Å². The van der Waals surface area contributed by atoms with Crippen molar-refractivity contribution in [2.24, 2.45) is 0 Å². The van der Waals surface area contributed by atoms with Gasteiger partial charge in [-0.15, -0.1) is 0 Å². The van der Waals surface area contributed by atoms with Crippen molar-refractivity contribution in [3.05, 3.63) is 18.0 Å². The van der Waals surface area contributed by atoms with E-state index in [-0.39, 0.29) is 18.5 Å². The van der Waals surface area contributed by atoms with Gasteiger partial charge in [0.05, 0.1) is 5.56 Å². The number of rotatable bonds is 3. The standard InChI is InChI=1S/C16H22F3N5O3/c1-15(2,3)22-14(26)27-10-12(25)23-4-6-24(7-5-23)13-20-8-11(9-21-13)16(17,18)19/h8-9H,4-7,10H2,1-3H3,(H,22,26). The van der Waals surface area contributed by atoms with Crippen molar-refractivity contribution in [3.8, 4) is 0 Å². The van der Waals surface area contributed by atoms with Gasteiger partial charge in [0.2, 0.25) is 5.95 Å². The molecule has 27 heavy (non-hydrogen) atoms. The maximum atomic E-state index is 12.5. The van der Waals surface area contributed by atoms with E-state index in [4.69, 9.17) is 4.74 Å². The molecule has 1 fully saturated rings. The fourth-order valence-electron chi connectivity index (χ4n) is 2.35. The normalized spacial score (nSPS) is 15.5. The Morgan fingerprint density at radius 2 is 1.67 bits per heavy atom. The van der Waals surface area contributed by atoms with Gasteiger partial charge in [-0.3, -0.25) is 4.79 Å². The fraction of sp³-hybridized carbons (Fsp3) is 0.625. The monoisotopic (exact) mass is 389 g/mol. The maximum absolute atomic E-state index is 12.5. The molecule has 0 radical (unpaired) electrons. The van der Waals surface area contributed by atoms with Gasteiger partial charge in [0, 0.05) is 44.1 Å². The van der Waals surface area contributed by atoms with Crippen LogP contribution in [0.5, 0.6) is 0 Å². The molecule has 0 saturated carbocycles. The third-order valence-corrected chi connectivity index (χ3v) is 3.68. The molecule has 1 aliphatic heterocycles. The lowest BCUT2D eigenvalue weighted by Gasteiger charge is -2.34. The van der Waals surface area contributed by atoms with Gasteiger partial charge in [-0.2, -0.15) is 13.2 Å². The minimum absolute atomic E-state index is 0.177. The number of piperazine rings is 1. The molecule has 1 N–H and O–H groups in total. The highest BCUT2D eigenvalue weighted by molar-refractivity contribution is 5.80. The number of anilines is 1. The third kappa shape index (κ3) is 6.26. The first-order valence-corrected chi connectivity index (χ1v) is 8.32. The fourth-order valence-corrected chi connectivity index (χ4v) is 2.35. The van der Waals surface area contributed by atoms with Crippen molar-refractivity contribution in [2.75, 3.05) is 37.7 Å². The van der Waals surface area contributed by atoms with Crippen LogP contribution in [0.25, 0.3) is 0 Å². The number of amides is 2. The van der Waals surface area contributed by atoms with Gasteiger partial charge in [-0.1, -0.05) is 0 Å². The summed E-state index contributed by atoms with van der Waals surface area (Å²) in [6.45, 7) is 6.38. The van der Waals surface area contributed by atoms with Gasteiger partial charge in [0.25, 0.3) is 5.91 Å². The number of alkyl carbamates (subject to hydrolysis) is 1. The first-order chi connectivity index (χ1) is 12.5. The molecular weight excluding hydrogens is 367 g/mol. The van der Waals surface area contributed by atoms with E-state index >= 15 is 0 Å². The van der Waals surface area contributed by atoms with Crippen LogP contribution in [-0.2, 0) is 15.7 Å². The minimum atomic E-state index is -4.48. The number of aromatic nitrogens is 2. The molecule has 0 bridgehead atoms. The van der Waals surface area contributed by atoms with Crippen molar-refractivity contribution in [3.63, 3.8) is 0 Å². The average Bonchev–Trinajstić information content (AvgIpc) is 2.58. The topological polar surface area (TPSA) is 87.7 Å². The molecule has 150 valence electrons. The summed E-state index contributed by atoms with van der Waals surface area (Å²) in [5.41, 5.74) is -1.38. The maximum Gasteiger partial charge on any atom is 0.419 e. The third-order valence-electron chi connectivity index (χ3n) is 3.68. The SMILES string of the molecule is CC(C)(C)NC(=O)OCC(=O)N1CCN(c2ncc(C(F)(F)F)cn2)CC1. The molecule has 0 aliphatic carbocycles. The highest BCUT2D eigenvalue weighted by Gasteiger charge is 2.32. The molecule has 8 nitrogen and oxygen atoms in total. The molecule has 2 heterocycles. The van der Waals surface area contributed by atoms with Crippen molar-refractivity contribution >= 4 is 17.9 Å². The van der Waals surface area contributed by atoms with E-state index < -0.39 is 23.4 Å². The number of hydrogen-bond donors (Lipinski definition) is 1. The largest absolute Gasteiger partial charge is 0.439 e. The zero-order valence-corrected chi connectivity index (χ0v) is 15.3. The van der Waals surface area contributed by atoms with Gasteiger partial charge in [0.1, 0.15) is 0 Å². The molecule has 0 aromatic carbocycles. The first kappa shape index (κ1) is 20.7. The number of nitrogens with zero attached hydrogens (tertiary/aromatic N) is 4. The molecule has 1 aromatic heterocycles. The number of hydrogen-bond acceptors (Lipinski definition) is 6. The van der Waals surface area contributed by atoms with Crippen LogP contribution in [-0.4, -0.2) is 65.2 Å². The molecule has 0 atom stereocenters. The average molecular weight is 389 g/mol. The molecular formula is C16H22F3N5O3. The second-order valence-electron chi connectivity index (χ2n) is 7.09. The van der Waals surface area contributed by atoms with Crippen LogP contribution in [0.3, 0.4) is 0 Å². The number of ether oxygens (including phenoxy) is 1. The van der Waals surface area contributed by atoms with Crippen LogP contribution >= 0.6 is 0 Å². The summed E-state index contributed by atoms with van der Waals surface area (Å²) in [6, 6.07) is 0. The quantitative estimate of drug-likeness (QED) is 0.846. The van der Waals surface area contributed by atoms with Crippen LogP contribution < -0.4 is 10.2 Å². The number of alkyl halides is 3. The number of halogens is 3. The summed E-state index contributed by atoms with van der Waals surface area (Å²) in [4.78, 5) is 34.4. The Labute approximate surface area is 154 Å².